The average molecular weight is 390 g/mol. The number of nitrogens with zero attached hydrogens (tertiary/aromatic N) is 3. The molecule has 0 spiro atoms. The molecule has 0 saturated carbocycles. The number of aromatic amines is 1. The molecule has 0 radical (unpaired) electrons. The van der Waals surface area contributed by atoms with Gasteiger partial charge in [-0.1, -0.05) is 18.2 Å². The van der Waals surface area contributed by atoms with Gasteiger partial charge in [-0.2, -0.15) is 23.3 Å². The van der Waals surface area contributed by atoms with Crippen molar-refractivity contribution in [1.29, 1.82) is 0 Å². The van der Waals surface area contributed by atoms with E-state index >= 15 is 0 Å². The second-order valence-corrected chi connectivity index (χ2v) is 5.74. The molecule has 0 aliphatic heterocycles. The van der Waals surface area contributed by atoms with Crippen molar-refractivity contribution in [2.24, 2.45) is 0 Å². The lowest BCUT2D eigenvalue weighted by Gasteiger charge is -2.10. The molecule has 1 N–H and O–H groups in total. The normalized spacial score (nSPS) is 11.7. The van der Waals surface area contributed by atoms with Gasteiger partial charge in [0.15, 0.2) is 5.65 Å². The number of ether oxygens (including phenoxy) is 1. The van der Waals surface area contributed by atoms with Crippen LogP contribution in [0.15, 0.2) is 59.5 Å². The predicted molar refractivity (Wildman–Crippen MR) is 91.0 cm³/mol. The zero-order valence-corrected chi connectivity index (χ0v) is 13.9. The second kappa shape index (κ2) is 6.48. The summed E-state index contributed by atoms with van der Waals surface area (Å²) < 4.78 is 58.6. The number of aromatic nitrogens is 4. The van der Waals surface area contributed by atoms with Crippen molar-refractivity contribution < 1.29 is 22.3 Å². The first kappa shape index (κ1) is 17.7. The number of para-hydroxylation sites is 1. The van der Waals surface area contributed by atoms with Crippen LogP contribution in [0.1, 0.15) is 5.56 Å². The number of H-pyrrole nitrogens is 1. The fourth-order valence-corrected chi connectivity index (χ4v) is 2.60. The van der Waals surface area contributed by atoms with Crippen LogP contribution in [0.4, 0.5) is 17.6 Å². The highest BCUT2D eigenvalue weighted by atomic mass is 19.4. The molecule has 6 nitrogen and oxygen atoms in total. The van der Waals surface area contributed by atoms with Crippen LogP contribution >= 0.6 is 0 Å². The van der Waals surface area contributed by atoms with Crippen LogP contribution in [0, 0.1) is 5.82 Å². The molecular weight excluding hydrogens is 380 g/mol. The summed E-state index contributed by atoms with van der Waals surface area (Å²) in [6.07, 6.45) is -3.57. The summed E-state index contributed by atoms with van der Waals surface area (Å²) in [4.78, 5) is 18.7. The van der Waals surface area contributed by atoms with E-state index in [9.17, 15) is 22.4 Å². The molecule has 2 aromatic heterocycles. The van der Waals surface area contributed by atoms with Crippen LogP contribution in [0.3, 0.4) is 0 Å². The Labute approximate surface area is 154 Å². The predicted octanol–water partition coefficient (Wildman–Crippen LogP) is 4.06. The summed E-state index contributed by atoms with van der Waals surface area (Å²) in [5, 5.41) is 4.29. The van der Waals surface area contributed by atoms with E-state index in [4.69, 9.17) is 4.74 Å². The highest BCUT2D eigenvalue weighted by molar-refractivity contribution is 5.75. The number of fused-ring (bicyclic) bond motifs is 1. The monoisotopic (exact) mass is 390 g/mol. The van der Waals surface area contributed by atoms with E-state index in [2.05, 4.69) is 15.1 Å². The van der Waals surface area contributed by atoms with Crippen LogP contribution in [0.2, 0.25) is 0 Å². The zero-order chi connectivity index (χ0) is 19.9. The molecule has 10 heteroatoms. The second-order valence-electron chi connectivity index (χ2n) is 5.74. The Bertz CT molecular complexity index is 1220. The van der Waals surface area contributed by atoms with Crippen molar-refractivity contribution in [1.82, 2.24) is 19.7 Å². The van der Waals surface area contributed by atoms with Gasteiger partial charge >= 0.3 is 12.2 Å². The zero-order valence-electron chi connectivity index (χ0n) is 13.9. The fraction of sp³-hybridized carbons (Fsp3) is 0.0556. The summed E-state index contributed by atoms with van der Waals surface area (Å²) in [5.74, 6) is -1.76. The van der Waals surface area contributed by atoms with Gasteiger partial charge in [0.1, 0.15) is 17.0 Å². The van der Waals surface area contributed by atoms with E-state index in [1.165, 1.54) is 10.9 Å². The van der Waals surface area contributed by atoms with Crippen LogP contribution in [-0.4, -0.2) is 19.7 Å². The van der Waals surface area contributed by atoms with Crippen molar-refractivity contribution >= 4 is 11.0 Å². The average Bonchev–Trinajstić information content (AvgIpc) is 3.07. The number of nitrogens with one attached hydrogen (secondary N) is 1. The van der Waals surface area contributed by atoms with Crippen LogP contribution in [0.5, 0.6) is 11.8 Å². The van der Waals surface area contributed by atoms with Crippen molar-refractivity contribution in [2.45, 2.75) is 6.18 Å². The number of hydrogen-bond donors (Lipinski definition) is 1. The molecule has 28 heavy (non-hydrogen) atoms. The molecule has 0 fully saturated rings. The summed E-state index contributed by atoms with van der Waals surface area (Å²) in [6, 6.07) is 10.6. The maximum atomic E-state index is 13.4. The summed E-state index contributed by atoms with van der Waals surface area (Å²) in [6.45, 7) is 0. The van der Waals surface area contributed by atoms with Crippen molar-refractivity contribution in [3.05, 3.63) is 76.5 Å². The molecule has 0 unspecified atom stereocenters. The van der Waals surface area contributed by atoms with E-state index < -0.39 is 23.1 Å². The molecule has 2 aromatic carbocycles. The molecule has 0 amide bonds. The highest BCUT2D eigenvalue weighted by Gasteiger charge is 2.34. The number of alkyl halides is 3. The van der Waals surface area contributed by atoms with Gasteiger partial charge in [-0.15, -0.1) is 0 Å². The molecule has 4 rings (SSSR count). The van der Waals surface area contributed by atoms with E-state index in [-0.39, 0.29) is 22.8 Å². The largest absolute Gasteiger partial charge is 0.426 e. The Hall–Kier alpha value is -3.69. The molecular formula is C18H10F4N4O2. The Kier molecular flexibility index (Phi) is 4.10. The van der Waals surface area contributed by atoms with Crippen LogP contribution < -0.4 is 10.3 Å². The molecule has 0 saturated heterocycles. The molecule has 0 atom stereocenters. The third-order valence-electron chi connectivity index (χ3n) is 3.87. The highest BCUT2D eigenvalue weighted by Crippen LogP contribution is 2.34. The lowest BCUT2D eigenvalue weighted by atomic mass is 10.2. The summed E-state index contributed by atoms with van der Waals surface area (Å²) in [5.41, 5.74) is -1.28. The Morgan fingerprint density at radius 1 is 1.07 bits per heavy atom. The van der Waals surface area contributed by atoms with Gasteiger partial charge in [0.25, 0.3) is 5.56 Å². The van der Waals surface area contributed by atoms with Crippen LogP contribution in [-0.2, 0) is 6.18 Å². The van der Waals surface area contributed by atoms with Gasteiger partial charge in [-0.3, -0.25) is 9.78 Å². The van der Waals surface area contributed by atoms with Gasteiger partial charge in [-0.25, -0.2) is 9.07 Å². The minimum atomic E-state index is -4.89. The molecule has 2 heterocycles. The Balaban J connectivity index is 1.77. The van der Waals surface area contributed by atoms with Crippen molar-refractivity contribution in [3.63, 3.8) is 0 Å². The summed E-state index contributed by atoms with van der Waals surface area (Å²) >= 11 is 0. The first-order valence-electron chi connectivity index (χ1n) is 7.91. The number of halogens is 4. The first-order valence-corrected chi connectivity index (χ1v) is 7.91. The maximum Gasteiger partial charge on any atom is 0.419 e. The number of hydrogen-bond acceptors (Lipinski definition) is 4. The molecule has 0 aliphatic rings. The Morgan fingerprint density at radius 2 is 1.82 bits per heavy atom. The SMILES string of the molecule is O=c1[nH]c(Oc2ccc(F)c(C(F)(F)F)c2)nc2c1cnn2-c1ccccc1. The first-order chi connectivity index (χ1) is 13.3. The van der Waals surface area contributed by atoms with E-state index in [1.807, 2.05) is 0 Å². The fourth-order valence-electron chi connectivity index (χ4n) is 2.60. The third kappa shape index (κ3) is 3.20. The lowest BCUT2D eigenvalue weighted by Crippen LogP contribution is -2.11. The van der Waals surface area contributed by atoms with Gasteiger partial charge in [0.05, 0.1) is 17.4 Å². The minimum absolute atomic E-state index is 0.156. The standard InChI is InChI=1S/C18H10F4N4O2/c19-14-7-6-11(8-13(14)18(20,21)22)28-17-24-15-12(16(27)25-17)9-23-26(15)10-4-2-1-3-5-10/h1-9H,(H,24,25,27). The molecule has 142 valence electrons. The van der Waals surface area contributed by atoms with Gasteiger partial charge < -0.3 is 4.74 Å². The van der Waals surface area contributed by atoms with Crippen molar-refractivity contribution in [2.75, 3.05) is 0 Å². The van der Waals surface area contributed by atoms with Crippen molar-refractivity contribution in [3.8, 4) is 17.4 Å². The number of benzene rings is 2. The third-order valence-corrected chi connectivity index (χ3v) is 3.87. The van der Waals surface area contributed by atoms with Gasteiger partial charge in [0.2, 0.25) is 0 Å². The Morgan fingerprint density at radius 3 is 2.54 bits per heavy atom. The van der Waals surface area contributed by atoms with Gasteiger partial charge in [-0.05, 0) is 30.3 Å². The smallest absolute Gasteiger partial charge is 0.419 e. The molecule has 0 bridgehead atoms. The topological polar surface area (TPSA) is 72.8 Å². The maximum absolute atomic E-state index is 13.4. The van der Waals surface area contributed by atoms with E-state index in [0.717, 1.165) is 6.07 Å². The minimum Gasteiger partial charge on any atom is -0.426 e. The van der Waals surface area contributed by atoms with Gasteiger partial charge in [0, 0.05) is 0 Å². The van der Waals surface area contributed by atoms with E-state index in [1.54, 1.807) is 30.3 Å². The summed E-state index contributed by atoms with van der Waals surface area (Å²) in [7, 11) is 0. The lowest BCUT2D eigenvalue weighted by molar-refractivity contribution is -0.140. The number of rotatable bonds is 3. The quantitative estimate of drug-likeness (QED) is 0.536. The molecule has 0 aliphatic carbocycles. The van der Waals surface area contributed by atoms with Crippen LogP contribution in [0.25, 0.3) is 16.7 Å². The van der Waals surface area contributed by atoms with E-state index in [0.29, 0.717) is 17.8 Å². The molecule has 4 aromatic rings.